The van der Waals surface area contributed by atoms with Gasteiger partial charge in [0.2, 0.25) is 10.0 Å². The molecule has 0 aliphatic carbocycles. The zero-order valence-electron chi connectivity index (χ0n) is 15.2. The van der Waals surface area contributed by atoms with E-state index in [1.165, 1.54) is 31.0 Å². The van der Waals surface area contributed by atoms with Crippen LogP contribution in [0, 0.1) is 5.82 Å². The molecule has 0 radical (unpaired) electrons. The van der Waals surface area contributed by atoms with Crippen LogP contribution < -0.4 is 14.4 Å². The number of amides is 1. The van der Waals surface area contributed by atoms with Gasteiger partial charge in [0.15, 0.2) is 17.6 Å². The van der Waals surface area contributed by atoms with Gasteiger partial charge in [-0.25, -0.2) is 12.8 Å². The minimum absolute atomic E-state index is 0.0143. The highest BCUT2D eigenvalue weighted by Gasteiger charge is 2.49. The lowest BCUT2D eigenvalue weighted by atomic mass is 9.97. The maximum absolute atomic E-state index is 15.0. The molecule has 7 nitrogen and oxygen atoms in total. The molecule has 10 heteroatoms. The summed E-state index contributed by atoms with van der Waals surface area (Å²) in [5.41, 5.74) is -1.48. The van der Waals surface area contributed by atoms with Crippen molar-refractivity contribution in [2.75, 3.05) is 15.9 Å². The number of fused-ring (bicyclic) bond motifs is 1. The first kappa shape index (κ1) is 19.6. The smallest absolute Gasteiger partial charge is 0.272 e. The highest BCUT2D eigenvalue weighted by Crippen LogP contribution is 2.45. The molecule has 1 N–H and O–H groups in total. The van der Waals surface area contributed by atoms with Gasteiger partial charge in [-0.2, -0.15) is 0 Å². The van der Waals surface area contributed by atoms with Gasteiger partial charge >= 0.3 is 0 Å². The highest BCUT2D eigenvalue weighted by atomic mass is 35.5. The van der Waals surface area contributed by atoms with Crippen LogP contribution in [0.3, 0.4) is 0 Å². The van der Waals surface area contributed by atoms with Gasteiger partial charge in [0.25, 0.3) is 5.91 Å². The summed E-state index contributed by atoms with van der Waals surface area (Å²) in [6, 6.07) is 2.31. The molecule has 3 rings (SSSR count). The molecular formula is C17H19ClFN3O4S. The molecule has 0 aromatic heterocycles. The van der Waals surface area contributed by atoms with E-state index in [0.717, 1.165) is 12.3 Å². The minimum Gasteiger partial charge on any atom is -0.476 e. The maximum Gasteiger partial charge on any atom is 0.272 e. The van der Waals surface area contributed by atoms with Crippen LogP contribution in [-0.4, -0.2) is 43.4 Å². The molecule has 0 saturated carbocycles. The number of benzene rings is 1. The van der Waals surface area contributed by atoms with Crippen LogP contribution in [0.25, 0.3) is 0 Å². The van der Waals surface area contributed by atoms with E-state index in [1.54, 1.807) is 19.1 Å². The van der Waals surface area contributed by atoms with Crippen molar-refractivity contribution in [2.24, 2.45) is 4.99 Å². The summed E-state index contributed by atoms with van der Waals surface area (Å²) in [5, 5.41) is 0. The number of halogens is 2. The highest BCUT2D eigenvalue weighted by molar-refractivity contribution is 7.92. The van der Waals surface area contributed by atoms with Crippen molar-refractivity contribution in [3.05, 3.63) is 30.1 Å². The van der Waals surface area contributed by atoms with Crippen molar-refractivity contribution in [2.45, 2.75) is 37.4 Å². The molecule has 0 fully saturated rings. The number of dihydropyridines is 1. The Morgan fingerprint density at radius 3 is 2.59 bits per heavy atom. The van der Waals surface area contributed by atoms with Crippen molar-refractivity contribution >= 4 is 45.1 Å². The number of hydrogen-bond acceptors (Lipinski definition) is 5. The second kappa shape index (κ2) is 6.20. The molecule has 2 aliphatic rings. The van der Waals surface area contributed by atoms with E-state index in [-0.39, 0.29) is 17.1 Å². The number of rotatable bonds is 3. The second-order valence-electron chi connectivity index (χ2n) is 7.15. The van der Waals surface area contributed by atoms with Crippen molar-refractivity contribution < 1.29 is 22.3 Å². The first-order valence-electron chi connectivity index (χ1n) is 8.06. The Bertz CT molecular complexity index is 973. The number of aliphatic imine (C=N–C) groups is 1. The molecule has 2 heterocycles. The standard InChI is InChI=1S/C17H19ClFN3O4S/c1-16(2)15(23)22(14-17(3,18)6-5-7-20-14)13-11(19)8-10(9-12(13)26-16)21-27(4,24)25/h5-9,14,21H,1-4H3. The second-order valence-corrected chi connectivity index (χ2v) is 9.71. The Morgan fingerprint density at radius 1 is 1.33 bits per heavy atom. The predicted octanol–water partition coefficient (Wildman–Crippen LogP) is 2.67. The summed E-state index contributed by atoms with van der Waals surface area (Å²) in [5.74, 6) is -1.33. The van der Waals surface area contributed by atoms with Crippen molar-refractivity contribution in [1.82, 2.24) is 0 Å². The number of hydrogen-bond donors (Lipinski definition) is 1. The van der Waals surface area contributed by atoms with Crippen LogP contribution in [-0.2, 0) is 14.8 Å². The molecule has 0 bridgehead atoms. The van der Waals surface area contributed by atoms with Crippen LogP contribution >= 0.6 is 11.6 Å². The number of carbonyl (C=O) groups excluding carboxylic acids is 1. The molecular weight excluding hydrogens is 397 g/mol. The van der Waals surface area contributed by atoms with Gasteiger partial charge in [-0.1, -0.05) is 6.08 Å². The van der Waals surface area contributed by atoms with E-state index in [2.05, 4.69) is 9.71 Å². The van der Waals surface area contributed by atoms with Gasteiger partial charge in [-0.15, -0.1) is 11.6 Å². The van der Waals surface area contributed by atoms with Crippen LogP contribution in [0.5, 0.6) is 5.75 Å². The third kappa shape index (κ3) is 3.66. The SMILES string of the molecule is CC1(C)Oc2cc(NS(C)(=O)=O)cc(F)c2N(C2N=CC=CC2(C)Cl)C1=O. The van der Waals surface area contributed by atoms with Crippen molar-refractivity contribution in [1.29, 1.82) is 0 Å². The largest absolute Gasteiger partial charge is 0.476 e. The molecule has 1 aromatic carbocycles. The molecule has 1 aromatic rings. The zero-order valence-corrected chi connectivity index (χ0v) is 16.7. The molecule has 0 saturated heterocycles. The Hall–Kier alpha value is -2.13. The summed E-state index contributed by atoms with van der Waals surface area (Å²) < 4.78 is 45.8. The Kier molecular flexibility index (Phi) is 4.51. The van der Waals surface area contributed by atoms with Gasteiger partial charge < -0.3 is 4.74 Å². The zero-order chi connectivity index (χ0) is 20.2. The Labute approximate surface area is 161 Å². The summed E-state index contributed by atoms with van der Waals surface area (Å²) in [4.78, 5) is 17.4. The van der Waals surface area contributed by atoms with E-state index >= 15 is 0 Å². The molecule has 146 valence electrons. The average Bonchev–Trinajstić information content (AvgIpc) is 2.47. The van der Waals surface area contributed by atoms with Gasteiger partial charge in [0.05, 0.1) is 11.9 Å². The fourth-order valence-corrected chi connectivity index (χ4v) is 3.79. The number of anilines is 2. The minimum atomic E-state index is -3.62. The quantitative estimate of drug-likeness (QED) is 0.769. The third-order valence-corrected chi connectivity index (χ3v) is 5.08. The van der Waals surface area contributed by atoms with E-state index in [1.807, 2.05) is 0 Å². The first-order valence-corrected chi connectivity index (χ1v) is 10.3. The number of nitrogens with one attached hydrogen (secondary N) is 1. The van der Waals surface area contributed by atoms with Crippen LogP contribution in [0.15, 0.2) is 29.3 Å². The maximum atomic E-state index is 15.0. The lowest BCUT2D eigenvalue weighted by Gasteiger charge is -2.45. The average molecular weight is 416 g/mol. The molecule has 2 unspecified atom stereocenters. The van der Waals surface area contributed by atoms with E-state index in [9.17, 15) is 17.6 Å². The molecule has 0 spiro atoms. The fourth-order valence-electron chi connectivity index (χ4n) is 3.02. The number of carbonyl (C=O) groups is 1. The van der Waals surface area contributed by atoms with Gasteiger partial charge in [0.1, 0.15) is 16.3 Å². The molecule has 2 atom stereocenters. The summed E-state index contributed by atoms with van der Waals surface area (Å²) in [7, 11) is -3.62. The van der Waals surface area contributed by atoms with Crippen LogP contribution in [0.1, 0.15) is 20.8 Å². The first-order chi connectivity index (χ1) is 12.3. The lowest BCUT2D eigenvalue weighted by molar-refractivity contribution is -0.133. The van der Waals surface area contributed by atoms with E-state index in [0.29, 0.717) is 0 Å². The lowest BCUT2D eigenvalue weighted by Crippen LogP contribution is -2.60. The number of nitrogens with zero attached hydrogens (tertiary/aromatic N) is 2. The molecule has 27 heavy (non-hydrogen) atoms. The normalized spacial score (nSPS) is 26.5. The predicted molar refractivity (Wildman–Crippen MR) is 103 cm³/mol. The van der Waals surface area contributed by atoms with E-state index in [4.69, 9.17) is 16.3 Å². The fraction of sp³-hybridized carbons (Fsp3) is 0.412. The summed E-state index contributed by atoms with van der Waals surface area (Å²) in [6.07, 6.45) is 4.85. The van der Waals surface area contributed by atoms with Gasteiger partial charge in [-0.05, 0) is 26.8 Å². The van der Waals surface area contributed by atoms with Crippen molar-refractivity contribution in [3.8, 4) is 5.75 Å². The molecule has 1 amide bonds. The number of alkyl halides is 1. The van der Waals surface area contributed by atoms with Gasteiger partial charge in [0, 0.05) is 18.3 Å². The van der Waals surface area contributed by atoms with Crippen molar-refractivity contribution in [3.63, 3.8) is 0 Å². The third-order valence-electron chi connectivity index (χ3n) is 4.16. The monoisotopic (exact) mass is 415 g/mol. The Morgan fingerprint density at radius 2 is 2.00 bits per heavy atom. The van der Waals surface area contributed by atoms with Crippen LogP contribution in [0.4, 0.5) is 15.8 Å². The van der Waals surface area contributed by atoms with E-state index < -0.39 is 38.4 Å². The summed E-state index contributed by atoms with van der Waals surface area (Å²) >= 11 is 6.52. The van der Waals surface area contributed by atoms with Crippen LogP contribution in [0.2, 0.25) is 0 Å². The summed E-state index contributed by atoms with van der Waals surface area (Å²) in [6.45, 7) is 4.74. The molecule has 2 aliphatic heterocycles. The number of sulfonamides is 1. The number of allylic oxidation sites excluding steroid dienone is 1. The topological polar surface area (TPSA) is 88.1 Å². The van der Waals surface area contributed by atoms with Gasteiger partial charge in [-0.3, -0.25) is 19.4 Å². The number of ether oxygens (including phenoxy) is 1. The Balaban J connectivity index is 2.18.